The summed E-state index contributed by atoms with van der Waals surface area (Å²) >= 11 is 5.92. The zero-order valence-electron chi connectivity index (χ0n) is 22.9. The molecular formula is C29H31ClN6O6. The number of anilines is 2. The molecule has 0 radical (unpaired) electrons. The van der Waals surface area contributed by atoms with Crippen molar-refractivity contribution in [2.75, 3.05) is 43.5 Å². The molecule has 3 fully saturated rings. The Morgan fingerprint density at radius 3 is 2.48 bits per heavy atom. The highest BCUT2D eigenvalue weighted by molar-refractivity contribution is 6.30. The first-order chi connectivity index (χ1) is 20.4. The van der Waals surface area contributed by atoms with Crippen molar-refractivity contribution in [2.45, 2.75) is 44.6 Å². The summed E-state index contributed by atoms with van der Waals surface area (Å²) in [7, 11) is 0. The molecule has 5 heterocycles. The van der Waals surface area contributed by atoms with Crippen LogP contribution in [-0.2, 0) is 14.3 Å². The Kier molecular flexibility index (Phi) is 8.07. The number of amides is 4. The van der Waals surface area contributed by atoms with Crippen molar-refractivity contribution in [3.05, 3.63) is 46.9 Å². The van der Waals surface area contributed by atoms with Gasteiger partial charge in [-0.25, -0.2) is 9.97 Å². The monoisotopic (exact) mass is 594 g/mol. The van der Waals surface area contributed by atoms with Crippen molar-refractivity contribution >= 4 is 57.8 Å². The van der Waals surface area contributed by atoms with Crippen molar-refractivity contribution in [1.29, 1.82) is 0 Å². The van der Waals surface area contributed by atoms with E-state index in [1.807, 2.05) is 4.90 Å². The third kappa shape index (κ3) is 5.82. The summed E-state index contributed by atoms with van der Waals surface area (Å²) in [5.74, 6) is -1.38. The van der Waals surface area contributed by atoms with E-state index in [2.05, 4.69) is 20.6 Å². The Labute approximate surface area is 246 Å². The van der Waals surface area contributed by atoms with E-state index in [0.29, 0.717) is 56.9 Å². The highest BCUT2D eigenvalue weighted by Crippen LogP contribution is 2.34. The Balaban J connectivity index is 1.25. The van der Waals surface area contributed by atoms with Gasteiger partial charge in [0, 0.05) is 37.8 Å². The van der Waals surface area contributed by atoms with Gasteiger partial charge in [0.2, 0.25) is 17.6 Å². The summed E-state index contributed by atoms with van der Waals surface area (Å²) in [5.41, 5.74) is 0.785. The molecule has 3 aliphatic rings. The number of likely N-dealkylation sites (tertiary alicyclic amines) is 1. The summed E-state index contributed by atoms with van der Waals surface area (Å²) in [4.78, 5) is 64.5. The van der Waals surface area contributed by atoms with Crippen molar-refractivity contribution in [3.63, 3.8) is 0 Å². The van der Waals surface area contributed by atoms with Crippen molar-refractivity contribution in [1.82, 2.24) is 19.8 Å². The number of nitrogens with one attached hydrogen (secondary N) is 2. The molecule has 13 heteroatoms. The predicted octanol–water partition coefficient (Wildman–Crippen LogP) is 3.72. The van der Waals surface area contributed by atoms with Gasteiger partial charge in [-0.15, -0.1) is 0 Å². The van der Waals surface area contributed by atoms with Gasteiger partial charge in [-0.05, 0) is 62.8 Å². The second-order valence-corrected chi connectivity index (χ2v) is 11.2. The van der Waals surface area contributed by atoms with E-state index in [-0.39, 0.29) is 70.3 Å². The number of ether oxygens (including phenoxy) is 1. The third-order valence-corrected chi connectivity index (χ3v) is 8.32. The average Bonchev–Trinajstić information content (AvgIpc) is 3.67. The minimum absolute atomic E-state index is 0.0183. The van der Waals surface area contributed by atoms with Gasteiger partial charge in [-0.2, -0.15) is 0 Å². The zero-order chi connectivity index (χ0) is 29.2. The standard InChI is InChI=1S/C29H31ClN6O6/c30-18-5-10-22(31-15-18)33-28(39)26-25(24-21(42-26)9-8-20(32-24)29(40)35-11-1-2-12-35)34-27(38)17-3-6-19(7-4-17)36-13-14-41-16-23(36)37/h5,8-10,15,17,19H,1-4,6-7,11-14,16H2,(H,34,38)(H,31,33,39)/t17-,19-. The van der Waals surface area contributed by atoms with Crippen LogP contribution < -0.4 is 10.6 Å². The molecule has 0 aromatic carbocycles. The number of pyridine rings is 2. The molecule has 1 saturated carbocycles. The second-order valence-electron chi connectivity index (χ2n) is 10.8. The van der Waals surface area contributed by atoms with Gasteiger partial charge in [-0.3, -0.25) is 19.2 Å². The Morgan fingerprint density at radius 2 is 1.76 bits per heavy atom. The Morgan fingerprint density at radius 1 is 0.976 bits per heavy atom. The first-order valence-electron chi connectivity index (χ1n) is 14.2. The molecule has 4 amide bonds. The van der Waals surface area contributed by atoms with Crippen LogP contribution in [-0.4, -0.2) is 82.3 Å². The summed E-state index contributed by atoms with van der Waals surface area (Å²) in [5, 5.41) is 5.97. The summed E-state index contributed by atoms with van der Waals surface area (Å²) in [6.07, 6.45) is 5.82. The second kappa shape index (κ2) is 12.1. The third-order valence-electron chi connectivity index (χ3n) is 8.10. The first-order valence-corrected chi connectivity index (χ1v) is 14.6. The van der Waals surface area contributed by atoms with Crippen LogP contribution in [0.2, 0.25) is 5.02 Å². The van der Waals surface area contributed by atoms with Crippen molar-refractivity contribution in [3.8, 4) is 0 Å². The SMILES string of the molecule is O=C(Nc1ccc(Cl)cn1)c1oc2ccc(C(=O)N3CCCC3)nc2c1NC(=O)[C@H]1CC[C@H](N2CCOCC2=O)CC1. The van der Waals surface area contributed by atoms with E-state index in [4.69, 9.17) is 20.8 Å². The maximum atomic E-state index is 13.5. The smallest absolute Gasteiger partial charge is 0.294 e. The normalized spacial score (nSPS) is 21.0. The lowest BCUT2D eigenvalue weighted by atomic mass is 9.84. The molecule has 6 rings (SSSR count). The summed E-state index contributed by atoms with van der Waals surface area (Å²) in [6, 6.07) is 6.36. The fourth-order valence-corrected chi connectivity index (χ4v) is 5.98. The molecule has 0 bridgehead atoms. The Hall–Kier alpha value is -4.03. The lowest BCUT2D eigenvalue weighted by molar-refractivity contribution is -0.146. The maximum absolute atomic E-state index is 13.5. The van der Waals surface area contributed by atoms with Crippen LogP contribution in [0.15, 0.2) is 34.9 Å². The number of hydrogen-bond acceptors (Lipinski definition) is 8. The molecule has 0 spiro atoms. The average molecular weight is 595 g/mol. The molecule has 12 nitrogen and oxygen atoms in total. The lowest BCUT2D eigenvalue weighted by Crippen LogP contribution is -2.49. The van der Waals surface area contributed by atoms with Crippen LogP contribution in [0, 0.1) is 5.92 Å². The van der Waals surface area contributed by atoms with Crippen molar-refractivity contribution < 1.29 is 28.3 Å². The predicted molar refractivity (Wildman–Crippen MR) is 153 cm³/mol. The molecule has 2 N–H and O–H groups in total. The number of halogens is 1. The number of hydrogen-bond donors (Lipinski definition) is 2. The number of rotatable bonds is 6. The number of nitrogens with zero attached hydrogens (tertiary/aromatic N) is 4. The maximum Gasteiger partial charge on any atom is 0.294 e. The number of fused-ring (bicyclic) bond motifs is 1. The first kappa shape index (κ1) is 28.1. The minimum atomic E-state index is -0.639. The van der Waals surface area contributed by atoms with Crippen LogP contribution in [0.1, 0.15) is 59.6 Å². The number of aromatic nitrogens is 2. The molecule has 1 aliphatic carbocycles. The number of morpholine rings is 1. The van der Waals surface area contributed by atoms with Gasteiger partial charge in [0.15, 0.2) is 5.58 Å². The van der Waals surface area contributed by atoms with E-state index >= 15 is 0 Å². The lowest BCUT2D eigenvalue weighted by Gasteiger charge is -2.38. The van der Waals surface area contributed by atoms with E-state index in [0.717, 1.165) is 12.8 Å². The summed E-state index contributed by atoms with van der Waals surface area (Å²) < 4.78 is 11.1. The molecular weight excluding hydrogens is 564 g/mol. The van der Waals surface area contributed by atoms with E-state index < -0.39 is 5.91 Å². The summed E-state index contributed by atoms with van der Waals surface area (Å²) in [6.45, 7) is 2.50. The van der Waals surface area contributed by atoms with Gasteiger partial charge >= 0.3 is 0 Å². The fraction of sp³-hybridized carbons (Fsp3) is 0.448. The van der Waals surface area contributed by atoms with Gasteiger partial charge in [0.05, 0.1) is 11.6 Å². The molecule has 3 aromatic heterocycles. The van der Waals surface area contributed by atoms with Crippen LogP contribution in [0.5, 0.6) is 0 Å². The number of carbonyl (C=O) groups excluding carboxylic acids is 4. The van der Waals surface area contributed by atoms with Gasteiger partial charge < -0.3 is 29.6 Å². The molecule has 0 atom stereocenters. The highest BCUT2D eigenvalue weighted by Gasteiger charge is 2.34. The quantitative estimate of drug-likeness (QED) is 0.439. The van der Waals surface area contributed by atoms with Gasteiger partial charge in [0.1, 0.15) is 29.3 Å². The highest BCUT2D eigenvalue weighted by atomic mass is 35.5. The topological polar surface area (TPSA) is 147 Å². The largest absolute Gasteiger partial charge is 0.447 e. The van der Waals surface area contributed by atoms with Crippen LogP contribution in [0.4, 0.5) is 11.5 Å². The van der Waals surface area contributed by atoms with Crippen LogP contribution >= 0.6 is 11.6 Å². The molecule has 0 unspecified atom stereocenters. The minimum Gasteiger partial charge on any atom is -0.447 e. The zero-order valence-corrected chi connectivity index (χ0v) is 23.7. The fourth-order valence-electron chi connectivity index (χ4n) is 5.87. The molecule has 220 valence electrons. The molecule has 2 aliphatic heterocycles. The number of carbonyl (C=O) groups is 4. The molecule has 2 saturated heterocycles. The van der Waals surface area contributed by atoms with Gasteiger partial charge in [-0.1, -0.05) is 11.6 Å². The molecule has 42 heavy (non-hydrogen) atoms. The Bertz CT molecular complexity index is 1510. The number of furan rings is 1. The molecule has 3 aromatic rings. The van der Waals surface area contributed by atoms with Gasteiger partial charge in [0.25, 0.3) is 11.8 Å². The van der Waals surface area contributed by atoms with Crippen molar-refractivity contribution in [2.24, 2.45) is 5.92 Å². The van der Waals surface area contributed by atoms with E-state index in [9.17, 15) is 19.2 Å². The van der Waals surface area contributed by atoms with E-state index in [1.54, 1.807) is 29.2 Å². The van der Waals surface area contributed by atoms with E-state index in [1.165, 1.54) is 6.20 Å². The van der Waals surface area contributed by atoms with Crippen LogP contribution in [0.3, 0.4) is 0 Å². The van der Waals surface area contributed by atoms with Crippen LogP contribution in [0.25, 0.3) is 11.1 Å².